The van der Waals surface area contributed by atoms with Gasteiger partial charge in [0.25, 0.3) is 0 Å². The summed E-state index contributed by atoms with van der Waals surface area (Å²) in [5.41, 5.74) is 7.47. The van der Waals surface area contributed by atoms with Crippen LogP contribution < -0.4 is 15.8 Å². The van der Waals surface area contributed by atoms with Crippen molar-refractivity contribution in [3.8, 4) is 5.75 Å². The van der Waals surface area contributed by atoms with Gasteiger partial charge >= 0.3 is 0 Å². The number of hydrogen-bond acceptors (Lipinski definition) is 5. The molecule has 0 bridgehead atoms. The maximum Gasteiger partial charge on any atom is 0.144 e. The third-order valence-electron chi connectivity index (χ3n) is 2.70. The maximum absolute atomic E-state index is 5.86. The van der Waals surface area contributed by atoms with E-state index in [0.29, 0.717) is 31.2 Å². The number of nitrogens with two attached hydrogens (primary N) is 1. The topological polar surface area (TPSA) is 65.7 Å². The van der Waals surface area contributed by atoms with Crippen molar-refractivity contribution in [2.75, 3.05) is 45.0 Å². The van der Waals surface area contributed by atoms with Crippen LogP contribution in [0.5, 0.6) is 5.75 Å². The van der Waals surface area contributed by atoms with E-state index >= 15 is 0 Å². The first kappa shape index (κ1) is 15.6. The van der Waals surface area contributed by atoms with E-state index in [9.17, 15) is 0 Å². The van der Waals surface area contributed by atoms with Crippen LogP contribution in [0.4, 0.5) is 11.4 Å². The van der Waals surface area contributed by atoms with Crippen LogP contribution in [0.1, 0.15) is 13.3 Å². The number of nitrogens with one attached hydrogen (secondary N) is 1. The Kier molecular flexibility index (Phi) is 7.07. The van der Waals surface area contributed by atoms with Gasteiger partial charge in [-0.3, -0.25) is 0 Å². The summed E-state index contributed by atoms with van der Waals surface area (Å²) >= 11 is 0. The zero-order valence-electron chi connectivity index (χ0n) is 11.9. The molecular weight excluding hydrogens is 244 g/mol. The molecule has 1 aromatic carbocycles. The number of hydrogen-bond donors (Lipinski definition) is 2. The van der Waals surface area contributed by atoms with Gasteiger partial charge in [-0.1, -0.05) is 6.92 Å². The van der Waals surface area contributed by atoms with E-state index < -0.39 is 0 Å². The van der Waals surface area contributed by atoms with Gasteiger partial charge in [-0.15, -0.1) is 0 Å². The minimum absolute atomic E-state index is 0.0163. The van der Waals surface area contributed by atoms with Crippen molar-refractivity contribution in [1.82, 2.24) is 0 Å². The minimum Gasteiger partial charge on any atom is -0.491 e. The zero-order chi connectivity index (χ0) is 14.1. The number of rotatable bonds is 9. The summed E-state index contributed by atoms with van der Waals surface area (Å²) in [7, 11) is 3.33. The van der Waals surface area contributed by atoms with Crippen LogP contribution in [0.2, 0.25) is 0 Å². The lowest BCUT2D eigenvalue weighted by Gasteiger charge is -2.17. The van der Waals surface area contributed by atoms with Crippen molar-refractivity contribution in [1.29, 1.82) is 0 Å². The first-order valence-corrected chi connectivity index (χ1v) is 6.49. The van der Waals surface area contributed by atoms with E-state index in [1.54, 1.807) is 14.2 Å². The highest BCUT2D eigenvalue weighted by Crippen LogP contribution is 2.25. The van der Waals surface area contributed by atoms with Crippen LogP contribution in [0, 0.1) is 0 Å². The highest BCUT2D eigenvalue weighted by molar-refractivity contribution is 5.61. The van der Waals surface area contributed by atoms with Gasteiger partial charge in [0, 0.05) is 32.5 Å². The van der Waals surface area contributed by atoms with Gasteiger partial charge in [-0.2, -0.15) is 0 Å². The fourth-order valence-corrected chi connectivity index (χ4v) is 1.61. The summed E-state index contributed by atoms with van der Waals surface area (Å²) in [6, 6.07) is 5.67. The second-order valence-electron chi connectivity index (χ2n) is 4.30. The number of anilines is 2. The Labute approximate surface area is 115 Å². The molecule has 0 aliphatic heterocycles. The summed E-state index contributed by atoms with van der Waals surface area (Å²) in [6.07, 6.45) is 0.971. The van der Waals surface area contributed by atoms with Gasteiger partial charge < -0.3 is 25.3 Å². The van der Waals surface area contributed by atoms with Crippen molar-refractivity contribution in [3.05, 3.63) is 18.2 Å². The Balaban J connectivity index is 2.58. The second-order valence-corrected chi connectivity index (χ2v) is 4.30. The van der Waals surface area contributed by atoms with E-state index in [1.165, 1.54) is 0 Å². The van der Waals surface area contributed by atoms with Gasteiger partial charge in [0.05, 0.1) is 25.0 Å². The molecule has 108 valence electrons. The van der Waals surface area contributed by atoms with Gasteiger partial charge in [0.15, 0.2) is 0 Å². The summed E-state index contributed by atoms with van der Waals surface area (Å²) in [6.45, 7) is 3.95. The zero-order valence-corrected chi connectivity index (χ0v) is 11.9. The van der Waals surface area contributed by atoms with Crippen molar-refractivity contribution in [3.63, 3.8) is 0 Å². The summed E-state index contributed by atoms with van der Waals surface area (Å²) in [5, 5.41) is 3.28. The monoisotopic (exact) mass is 268 g/mol. The van der Waals surface area contributed by atoms with E-state index in [-0.39, 0.29) is 6.10 Å². The highest BCUT2D eigenvalue weighted by atomic mass is 16.5. The average Bonchev–Trinajstić information content (AvgIpc) is 2.43. The van der Waals surface area contributed by atoms with Gasteiger partial charge in [0.1, 0.15) is 5.75 Å². The number of benzene rings is 1. The van der Waals surface area contributed by atoms with Gasteiger partial charge in [0.2, 0.25) is 0 Å². The smallest absolute Gasteiger partial charge is 0.144 e. The minimum atomic E-state index is 0.0163. The summed E-state index contributed by atoms with van der Waals surface area (Å²) < 4.78 is 15.9. The lowest BCUT2D eigenvalue weighted by molar-refractivity contribution is 0.0365. The van der Waals surface area contributed by atoms with Gasteiger partial charge in [-0.05, 0) is 18.6 Å². The average molecular weight is 268 g/mol. The second kappa shape index (κ2) is 8.61. The molecule has 19 heavy (non-hydrogen) atoms. The molecule has 0 heterocycles. The molecule has 0 aliphatic rings. The van der Waals surface area contributed by atoms with Gasteiger partial charge in [-0.25, -0.2) is 0 Å². The van der Waals surface area contributed by atoms with Crippen LogP contribution in [0.15, 0.2) is 18.2 Å². The first-order valence-electron chi connectivity index (χ1n) is 6.49. The third kappa shape index (κ3) is 5.36. The van der Waals surface area contributed by atoms with E-state index in [4.69, 9.17) is 19.9 Å². The van der Waals surface area contributed by atoms with Crippen molar-refractivity contribution < 1.29 is 14.2 Å². The highest BCUT2D eigenvalue weighted by Gasteiger charge is 2.07. The largest absolute Gasteiger partial charge is 0.491 e. The fourth-order valence-electron chi connectivity index (χ4n) is 1.61. The predicted octanol–water partition coefficient (Wildman–Crippen LogP) is 2.13. The molecule has 0 aliphatic carbocycles. The first-order chi connectivity index (χ1) is 9.21. The summed E-state index contributed by atoms with van der Waals surface area (Å²) in [5.74, 6) is 0.715. The molecular formula is C14H24N2O3. The Bertz CT molecular complexity index is 372. The lowest BCUT2D eigenvalue weighted by Crippen LogP contribution is -2.26. The number of ether oxygens (including phenoxy) is 3. The maximum atomic E-state index is 5.86. The molecule has 0 fully saturated rings. The van der Waals surface area contributed by atoms with Crippen LogP contribution in [0.25, 0.3) is 0 Å². The van der Waals surface area contributed by atoms with Crippen LogP contribution in [-0.2, 0) is 9.47 Å². The fraction of sp³-hybridized carbons (Fsp3) is 0.571. The molecule has 0 saturated carbocycles. The molecule has 3 N–H and O–H groups in total. The Morgan fingerprint density at radius 3 is 2.74 bits per heavy atom. The normalized spacial score (nSPS) is 12.2. The Morgan fingerprint density at radius 1 is 1.32 bits per heavy atom. The molecule has 0 saturated heterocycles. The molecule has 5 heteroatoms. The molecule has 1 unspecified atom stereocenters. The Hall–Kier alpha value is -1.46. The van der Waals surface area contributed by atoms with Crippen LogP contribution in [0.3, 0.4) is 0 Å². The predicted molar refractivity (Wildman–Crippen MR) is 77.8 cm³/mol. The van der Waals surface area contributed by atoms with Crippen LogP contribution in [-0.4, -0.2) is 40.1 Å². The summed E-state index contributed by atoms with van der Waals surface area (Å²) in [4.78, 5) is 0. The molecule has 0 aromatic heterocycles. The third-order valence-corrected chi connectivity index (χ3v) is 2.70. The quantitative estimate of drug-likeness (QED) is 0.672. The molecule has 1 atom stereocenters. The van der Waals surface area contributed by atoms with Crippen LogP contribution >= 0.6 is 0 Å². The molecule has 5 nitrogen and oxygen atoms in total. The SMILES string of the molecule is CCCOc1cc(NCC(COC)OC)ccc1N. The molecule has 1 rings (SSSR count). The van der Waals surface area contributed by atoms with E-state index in [2.05, 4.69) is 12.2 Å². The molecule has 0 spiro atoms. The van der Waals surface area contributed by atoms with Crippen molar-refractivity contribution in [2.45, 2.75) is 19.4 Å². The number of methoxy groups -OCH3 is 2. The molecule has 1 aromatic rings. The van der Waals surface area contributed by atoms with E-state index in [0.717, 1.165) is 12.1 Å². The Morgan fingerprint density at radius 2 is 2.11 bits per heavy atom. The van der Waals surface area contributed by atoms with Crippen molar-refractivity contribution in [2.24, 2.45) is 0 Å². The van der Waals surface area contributed by atoms with Crippen molar-refractivity contribution >= 4 is 11.4 Å². The standard InChI is InChI=1S/C14H24N2O3/c1-4-7-19-14-8-11(5-6-13(14)15)16-9-12(18-3)10-17-2/h5-6,8,12,16H,4,7,9-10,15H2,1-3H3. The molecule has 0 amide bonds. The molecule has 0 radical (unpaired) electrons. The lowest BCUT2D eigenvalue weighted by atomic mass is 10.2. The number of nitrogen functional groups attached to an aromatic ring is 1. The van der Waals surface area contributed by atoms with E-state index in [1.807, 2.05) is 18.2 Å².